The first-order valence-corrected chi connectivity index (χ1v) is 9.23. The second-order valence-electron chi connectivity index (χ2n) is 6.25. The van der Waals surface area contributed by atoms with Gasteiger partial charge in [-0.2, -0.15) is 0 Å². The molecule has 1 aliphatic carbocycles. The van der Waals surface area contributed by atoms with Crippen molar-refractivity contribution >= 4 is 41.5 Å². The fourth-order valence-corrected chi connectivity index (χ4v) is 3.00. The molecule has 0 aromatic heterocycles. The molecule has 1 amide bonds. The predicted molar refractivity (Wildman–Crippen MR) is 120 cm³/mol. The van der Waals surface area contributed by atoms with Gasteiger partial charge in [0.05, 0.1) is 20.8 Å². The van der Waals surface area contributed by atoms with E-state index in [1.165, 1.54) is 12.8 Å². The fraction of sp³-hybridized carbons (Fsp3) is 0.579. The fourth-order valence-electron chi connectivity index (χ4n) is 3.00. The Labute approximate surface area is 178 Å². The quantitative estimate of drug-likeness (QED) is 0.296. The molecule has 3 N–H and O–H groups in total. The van der Waals surface area contributed by atoms with Crippen LogP contribution in [0.3, 0.4) is 0 Å². The lowest BCUT2D eigenvalue weighted by Crippen LogP contribution is -2.34. The Bertz CT molecular complexity index is 619. The highest BCUT2D eigenvalue weighted by Crippen LogP contribution is 2.29. The molecule has 8 heteroatoms. The lowest BCUT2D eigenvalue weighted by atomic mass is 10.2. The number of methoxy groups -OCH3 is 2. The van der Waals surface area contributed by atoms with Crippen molar-refractivity contribution in [2.45, 2.75) is 45.1 Å². The number of ether oxygens (including phenoxy) is 2. The summed E-state index contributed by atoms with van der Waals surface area (Å²) >= 11 is 0. The average molecular weight is 490 g/mol. The highest BCUT2D eigenvalue weighted by Gasteiger charge is 2.16. The van der Waals surface area contributed by atoms with Crippen molar-refractivity contribution in [3.05, 3.63) is 18.2 Å². The van der Waals surface area contributed by atoms with Gasteiger partial charge in [0.2, 0.25) is 5.91 Å². The van der Waals surface area contributed by atoms with E-state index < -0.39 is 0 Å². The Morgan fingerprint density at radius 1 is 1.19 bits per heavy atom. The predicted octanol–water partition coefficient (Wildman–Crippen LogP) is 3.15. The molecule has 7 nitrogen and oxygen atoms in total. The van der Waals surface area contributed by atoms with Crippen LogP contribution >= 0.6 is 24.0 Å². The van der Waals surface area contributed by atoms with Gasteiger partial charge < -0.3 is 25.4 Å². The number of nitrogens with one attached hydrogen (secondary N) is 3. The van der Waals surface area contributed by atoms with Crippen LogP contribution in [0.25, 0.3) is 0 Å². The summed E-state index contributed by atoms with van der Waals surface area (Å²) in [6, 6.07) is 5.92. The molecule has 0 atom stereocenters. The second-order valence-corrected chi connectivity index (χ2v) is 6.25. The zero-order valence-electron chi connectivity index (χ0n) is 16.3. The van der Waals surface area contributed by atoms with E-state index in [1.807, 2.05) is 25.1 Å². The molecule has 0 heterocycles. The largest absolute Gasteiger partial charge is 0.493 e. The van der Waals surface area contributed by atoms with Gasteiger partial charge in [0, 0.05) is 30.8 Å². The number of aliphatic imine (C=N–C) groups is 1. The Kier molecular flexibility index (Phi) is 10.9. The Morgan fingerprint density at radius 3 is 2.52 bits per heavy atom. The van der Waals surface area contributed by atoms with E-state index in [2.05, 4.69) is 20.9 Å². The van der Waals surface area contributed by atoms with E-state index in [0.29, 0.717) is 36.5 Å². The van der Waals surface area contributed by atoms with Gasteiger partial charge in [0.1, 0.15) is 0 Å². The molecule has 1 saturated carbocycles. The molecule has 2 rings (SSSR count). The highest BCUT2D eigenvalue weighted by atomic mass is 127. The summed E-state index contributed by atoms with van der Waals surface area (Å²) in [5, 5.41) is 9.49. The molecule has 1 aromatic carbocycles. The number of rotatable bonds is 8. The van der Waals surface area contributed by atoms with Gasteiger partial charge >= 0.3 is 0 Å². The first kappa shape index (κ1) is 23.3. The minimum absolute atomic E-state index is 0. The maximum absolute atomic E-state index is 12.0. The van der Waals surface area contributed by atoms with E-state index >= 15 is 0 Å². The van der Waals surface area contributed by atoms with E-state index in [1.54, 1.807) is 14.2 Å². The van der Waals surface area contributed by atoms with Crippen molar-refractivity contribution < 1.29 is 14.3 Å². The van der Waals surface area contributed by atoms with E-state index in [9.17, 15) is 4.79 Å². The van der Waals surface area contributed by atoms with Crippen LogP contribution in [0.2, 0.25) is 0 Å². The third-order valence-corrected chi connectivity index (χ3v) is 4.32. The van der Waals surface area contributed by atoms with Crippen molar-refractivity contribution in [2.24, 2.45) is 4.99 Å². The molecule has 0 bridgehead atoms. The number of hydrogen-bond acceptors (Lipinski definition) is 4. The molecule has 1 fully saturated rings. The van der Waals surface area contributed by atoms with Gasteiger partial charge in [-0.3, -0.25) is 9.79 Å². The van der Waals surface area contributed by atoms with Gasteiger partial charge in [0.25, 0.3) is 0 Å². The number of amides is 1. The van der Waals surface area contributed by atoms with Crippen molar-refractivity contribution in [2.75, 3.05) is 32.6 Å². The Hall–Kier alpha value is -1.71. The Morgan fingerprint density at radius 2 is 1.89 bits per heavy atom. The summed E-state index contributed by atoms with van der Waals surface area (Å²) in [4.78, 5) is 16.5. The average Bonchev–Trinajstić information content (AvgIpc) is 3.14. The summed E-state index contributed by atoms with van der Waals surface area (Å²) in [5.74, 6) is 2.02. The maximum atomic E-state index is 12.0. The molecule has 0 aliphatic heterocycles. The van der Waals surface area contributed by atoms with E-state index in [4.69, 9.17) is 9.47 Å². The van der Waals surface area contributed by atoms with Crippen LogP contribution in [0.4, 0.5) is 5.69 Å². The number of hydrogen-bond donors (Lipinski definition) is 3. The third-order valence-electron chi connectivity index (χ3n) is 4.32. The number of benzene rings is 1. The zero-order valence-corrected chi connectivity index (χ0v) is 18.7. The van der Waals surface area contributed by atoms with Crippen LogP contribution in [0, 0.1) is 0 Å². The molecule has 0 saturated heterocycles. The minimum atomic E-state index is 0. The normalized spacial score (nSPS) is 14.3. The summed E-state index contributed by atoms with van der Waals surface area (Å²) < 4.78 is 10.6. The van der Waals surface area contributed by atoms with Crippen LogP contribution in [0.15, 0.2) is 23.2 Å². The minimum Gasteiger partial charge on any atom is -0.493 e. The maximum Gasteiger partial charge on any atom is 0.222 e. The standard InChI is InChI=1S/C19H30N4O3.HI/c1-4-20-19(21-12-11-18(24)22-14-7-5-6-8-14)23-15-9-10-16(25-2)17(13-15)26-3;/h9-10,13-14H,4-8,11-12H2,1-3H3,(H,22,24)(H2,20,21,23);1H. The molecule has 0 spiro atoms. The SMILES string of the molecule is CCNC(=NCCC(=O)NC1CCCC1)Nc1ccc(OC)c(OC)c1.I. The highest BCUT2D eigenvalue weighted by molar-refractivity contribution is 14.0. The summed E-state index contributed by atoms with van der Waals surface area (Å²) in [6.07, 6.45) is 5.00. The molecule has 0 radical (unpaired) electrons. The molecule has 1 aliphatic rings. The number of carbonyl (C=O) groups is 1. The monoisotopic (exact) mass is 490 g/mol. The van der Waals surface area contributed by atoms with Crippen LogP contribution in [0.1, 0.15) is 39.0 Å². The van der Waals surface area contributed by atoms with Gasteiger partial charge in [-0.05, 0) is 31.9 Å². The first-order valence-electron chi connectivity index (χ1n) is 9.23. The first-order chi connectivity index (χ1) is 12.7. The van der Waals surface area contributed by atoms with Gasteiger partial charge in [-0.25, -0.2) is 0 Å². The smallest absolute Gasteiger partial charge is 0.222 e. The number of anilines is 1. The van der Waals surface area contributed by atoms with Crippen molar-refractivity contribution in [3.63, 3.8) is 0 Å². The number of nitrogens with zero attached hydrogens (tertiary/aromatic N) is 1. The number of halogens is 1. The second kappa shape index (κ2) is 12.6. The molecular weight excluding hydrogens is 459 g/mol. The van der Waals surface area contributed by atoms with E-state index in [0.717, 1.165) is 25.1 Å². The summed E-state index contributed by atoms with van der Waals surface area (Å²) in [6.45, 7) is 3.16. The lowest BCUT2D eigenvalue weighted by molar-refractivity contribution is -0.121. The number of carbonyl (C=O) groups excluding carboxylic acids is 1. The van der Waals surface area contributed by atoms with E-state index in [-0.39, 0.29) is 29.9 Å². The zero-order chi connectivity index (χ0) is 18.8. The van der Waals surface area contributed by atoms with Gasteiger partial charge in [-0.1, -0.05) is 12.8 Å². The molecule has 1 aromatic rings. The summed E-state index contributed by atoms with van der Waals surface area (Å²) in [5.41, 5.74) is 0.831. The molecule has 0 unspecified atom stereocenters. The van der Waals surface area contributed by atoms with Crippen LogP contribution < -0.4 is 25.4 Å². The van der Waals surface area contributed by atoms with Crippen LogP contribution in [-0.2, 0) is 4.79 Å². The summed E-state index contributed by atoms with van der Waals surface area (Å²) in [7, 11) is 3.21. The third kappa shape index (κ3) is 7.82. The van der Waals surface area contributed by atoms with Crippen LogP contribution in [0.5, 0.6) is 11.5 Å². The topological polar surface area (TPSA) is 84.0 Å². The van der Waals surface area contributed by atoms with Crippen molar-refractivity contribution in [1.29, 1.82) is 0 Å². The molecule has 27 heavy (non-hydrogen) atoms. The Balaban J connectivity index is 0.00000364. The lowest BCUT2D eigenvalue weighted by Gasteiger charge is -2.14. The van der Waals surface area contributed by atoms with Gasteiger partial charge in [0.15, 0.2) is 17.5 Å². The van der Waals surface area contributed by atoms with Gasteiger partial charge in [-0.15, -0.1) is 24.0 Å². The molecular formula is C19H31IN4O3. The van der Waals surface area contributed by atoms with Crippen molar-refractivity contribution in [1.82, 2.24) is 10.6 Å². The number of guanidine groups is 1. The molecule has 152 valence electrons. The van der Waals surface area contributed by atoms with Crippen molar-refractivity contribution in [3.8, 4) is 11.5 Å². The van der Waals surface area contributed by atoms with Crippen LogP contribution in [-0.4, -0.2) is 45.2 Å².